The maximum absolute atomic E-state index is 13.7. The Labute approximate surface area is 843 Å². The summed E-state index contributed by atoms with van der Waals surface area (Å²) >= 11 is 0. The van der Waals surface area contributed by atoms with Gasteiger partial charge in [0, 0.05) is 92.4 Å². The van der Waals surface area contributed by atoms with Crippen molar-refractivity contribution in [1.29, 1.82) is 0 Å². The van der Waals surface area contributed by atoms with Crippen LogP contribution in [0, 0.1) is 0 Å². The molecule has 0 aliphatic carbocycles. The van der Waals surface area contributed by atoms with Crippen LogP contribution in [0.3, 0.4) is 0 Å². The van der Waals surface area contributed by atoms with E-state index in [1.54, 1.807) is 78.2 Å². The van der Waals surface area contributed by atoms with Gasteiger partial charge in [-0.25, -0.2) is 0 Å². The third-order valence-electron chi connectivity index (χ3n) is 33.6. The van der Waals surface area contributed by atoms with Crippen molar-refractivity contribution in [3.63, 3.8) is 0 Å². The van der Waals surface area contributed by atoms with E-state index in [2.05, 4.69) is 237 Å². The zero-order valence-electron chi connectivity index (χ0n) is 94.5. The van der Waals surface area contributed by atoms with E-state index in [-0.39, 0.29) is 81.5 Å². The highest BCUT2D eigenvalue weighted by Crippen LogP contribution is 2.50. The molecule has 21 rings (SSSR count). The van der Waals surface area contributed by atoms with Gasteiger partial charge in [0.1, 0.15) is 171 Å². The molecule has 0 spiro atoms. The molecule has 0 aromatic heterocycles. The minimum Gasteiger partial charge on any atom is -0.414 e. The van der Waals surface area contributed by atoms with Crippen LogP contribution in [0.5, 0.6) is 0 Å². The molecule has 0 saturated carbocycles. The third kappa shape index (κ3) is 28.6. The largest absolute Gasteiger partial charge is 0.414 e. The average molecular weight is 2120 g/mol. The molecule has 1 N–H and O–H groups in total. The summed E-state index contributed by atoms with van der Waals surface area (Å²) < 4.78 is 243. The van der Waals surface area contributed by atoms with E-state index in [9.17, 15) is 5.11 Å². The van der Waals surface area contributed by atoms with Gasteiger partial charge < -0.3 is 164 Å². The highest BCUT2D eigenvalue weighted by Gasteiger charge is 2.65. The molecule has 35 atom stereocenters. The van der Waals surface area contributed by atoms with Crippen LogP contribution < -0.4 is 0 Å². The van der Waals surface area contributed by atoms with E-state index >= 15 is 0 Å². The molecule has 0 aromatic rings. The van der Waals surface area contributed by atoms with Gasteiger partial charge in [-0.15, -0.1) is 0 Å². The Kier molecular flexibility index (Phi) is 43.9. The summed E-state index contributed by atoms with van der Waals surface area (Å²) in [6, 6.07) is 0. The first-order chi connectivity index (χ1) is 63.9. The van der Waals surface area contributed by atoms with E-state index in [0.717, 1.165) is 0 Å². The third-order valence-corrected chi connectivity index (χ3v) is 65.1. The Balaban J connectivity index is 1.43. The fourth-order valence-electron chi connectivity index (χ4n) is 17.0. The minimum absolute atomic E-state index is 0.0211. The van der Waals surface area contributed by atoms with Gasteiger partial charge in [-0.05, 0) is 127 Å². The number of hydrogen-bond donors (Lipinski definition) is 1. The highest BCUT2D eigenvalue weighted by molar-refractivity contribution is 6.76. The van der Waals surface area contributed by atoms with Crippen molar-refractivity contribution in [2.24, 2.45) is 0 Å². The van der Waals surface area contributed by atoms with Crippen LogP contribution in [0.4, 0.5) is 0 Å². The Hall–Kier alpha value is 0.118. The van der Waals surface area contributed by atoms with Gasteiger partial charge >= 0.3 is 0 Å². The van der Waals surface area contributed by atoms with Gasteiger partial charge in [0.25, 0.3) is 0 Å². The van der Waals surface area contributed by atoms with E-state index in [0.29, 0.717) is 0 Å². The summed E-state index contributed by atoms with van der Waals surface area (Å²) in [5, 5.41) is 11.7. The highest BCUT2D eigenvalue weighted by atomic mass is 28.4. The van der Waals surface area contributed by atoms with Crippen LogP contribution in [-0.2, 0) is 159 Å². The molecule has 21 heterocycles. The number of ether oxygens (including phenoxy) is 27. The van der Waals surface area contributed by atoms with Crippen molar-refractivity contribution < 1.29 is 164 Å². The molecule has 0 amide bonds. The van der Waals surface area contributed by atoms with Crippen molar-refractivity contribution in [1.82, 2.24) is 0 Å². The van der Waals surface area contributed by atoms with Crippen LogP contribution in [0.15, 0.2) is 0 Å². The fraction of sp³-hybridized carbons (Fsp3) is 1.00. The van der Waals surface area contributed by atoms with E-state index in [1.807, 2.05) is 0 Å². The summed E-state index contributed by atoms with van der Waals surface area (Å²) in [6.07, 6.45) is -40.3. The van der Waals surface area contributed by atoms with Crippen molar-refractivity contribution in [3.05, 3.63) is 0 Å². The first-order valence-corrected chi connectivity index (χ1v) is 70.5. The second-order valence-electron chi connectivity index (χ2n) is 49.6. The topological polar surface area (TPSA) is 334 Å². The Morgan fingerprint density at radius 2 is 0.273 bits per heavy atom. The number of aliphatic hydroxyl groups is 1. The Morgan fingerprint density at radius 1 is 0.165 bits per heavy atom. The van der Waals surface area contributed by atoms with Crippen LogP contribution in [0.2, 0.25) is 127 Å². The lowest BCUT2D eigenvalue weighted by molar-refractivity contribution is -0.401. The first-order valence-electron chi connectivity index (χ1n) is 50.1. The van der Waals surface area contributed by atoms with Gasteiger partial charge in [-0.3, -0.25) is 0 Å². The van der Waals surface area contributed by atoms with Gasteiger partial charge in [0.15, 0.2) is 102 Å². The monoisotopic (exact) mass is 2120 g/mol. The van der Waals surface area contributed by atoms with Crippen LogP contribution in [0.1, 0.15) is 145 Å². The van der Waals surface area contributed by atoms with Gasteiger partial charge in [0.05, 0.1) is 46.2 Å². The molecule has 14 bridgehead atoms. The normalized spacial score (nSPS) is 37.8. The zero-order valence-corrected chi connectivity index (χ0v) is 101. The maximum atomic E-state index is 13.7. The summed E-state index contributed by atoms with van der Waals surface area (Å²) in [5.74, 6) is 0. The molecule has 0 radical (unpaired) electrons. The van der Waals surface area contributed by atoms with Crippen molar-refractivity contribution in [2.45, 2.75) is 487 Å². The Bertz CT molecular complexity index is 3540. The van der Waals surface area contributed by atoms with E-state index in [1.165, 1.54) is 14.2 Å². The molecule has 21 aliphatic rings. The summed E-state index contributed by atoms with van der Waals surface area (Å²) in [4.78, 5) is 0. The first kappa shape index (κ1) is 124. The molecule has 0 aromatic carbocycles. The van der Waals surface area contributed by atoms with Crippen molar-refractivity contribution in [2.75, 3.05) is 139 Å². The predicted molar refractivity (Wildman–Crippen MR) is 543 cm³/mol. The summed E-state index contributed by atoms with van der Waals surface area (Å²) in [7, 11) is 1.59. The van der Waals surface area contributed by atoms with Gasteiger partial charge in [0.2, 0.25) is 0 Å². The minimum atomic E-state index is -2.69. The molecule has 21 aliphatic heterocycles. The summed E-state index contributed by atoms with van der Waals surface area (Å²) in [5.41, 5.74) is 0. The van der Waals surface area contributed by atoms with E-state index in [4.69, 9.17) is 159 Å². The lowest BCUT2D eigenvalue weighted by Crippen LogP contribution is -2.70. The van der Waals surface area contributed by atoms with Crippen molar-refractivity contribution in [3.8, 4) is 0 Å². The van der Waals surface area contributed by atoms with Crippen LogP contribution in [0.25, 0.3) is 0 Å². The zero-order chi connectivity index (χ0) is 105. The molecule has 139 heavy (non-hydrogen) atoms. The average Bonchev–Trinajstić information content (AvgIpc) is 0.863. The molecule has 35 nitrogen and oxygen atoms in total. The molecule has 21 fully saturated rings. The number of methoxy groups -OCH3 is 13. The lowest BCUT2D eigenvalue weighted by atomic mass is 9.94. The second kappa shape index (κ2) is 49.0. The lowest BCUT2D eigenvalue weighted by Gasteiger charge is -2.53. The smallest absolute Gasteiger partial charge is 0.192 e. The SMILES string of the molecule is CO[C@@H]1[C@@H](OC)[C@H]2O[C@H]3[C@H](OC)[C@@H](OC)[C@@H](O[C@H]4[C@H](OC)[C@@H](OC)[C@@H](O[C@H]5[C@H](OC)[C@@H](OC)[C@@H](O[C@H]6[C@H](OC)[C@@H](OC)[C@@H](O[C@H]7[C@H](OC)[C@@H](OC)[C@@H](O[C@H]8[C@H](O)[C@@H](OC)[C@@H](O[C@@H]1[C@@H](CO[Si](C)(C)C(C)(C)C)O2)O[C@@H]8CO[Si](C)(C)C(C)(C)C)O[C@@H]7CO[Si](C)(C)C(C)(C)C)O[C@@H]6CO[Si](C)(C)C(C)(C)C)O[C@@H]5CO[Si](C)(C)C(C)(C)C)O[C@@H]4CO[Si](C)(C)C(C)(C)C)O[C@@H]3CO[Si](C)(C)C(C)(C)C. The van der Waals surface area contributed by atoms with Crippen molar-refractivity contribution >= 4 is 58.2 Å². The molecule has 820 valence electrons. The second-order valence-corrected chi connectivity index (χ2v) is 83.3. The van der Waals surface area contributed by atoms with E-state index < -0.39 is 273 Å². The fourth-order valence-corrected chi connectivity index (χ4v) is 24.1. The van der Waals surface area contributed by atoms with Gasteiger partial charge in [-0.2, -0.15) is 0 Å². The maximum Gasteiger partial charge on any atom is 0.192 e. The molecule has 0 unspecified atom stereocenters. The predicted octanol–water partition coefficient (Wildman–Crippen LogP) is 14.5. The molecular weight excluding hydrogens is 1920 g/mol. The number of hydrogen-bond acceptors (Lipinski definition) is 35. The van der Waals surface area contributed by atoms with Crippen LogP contribution in [-0.4, -0.2) is 417 Å². The van der Waals surface area contributed by atoms with Crippen LogP contribution >= 0.6 is 0 Å². The molecule has 42 heteroatoms. The number of aliphatic hydroxyl groups excluding tert-OH is 1. The number of rotatable bonds is 34. The standard InChI is InChI=1S/C97H194O35Si7/c1-91(2,3)133(35,36)112-49-56-64-63(98)71(99-22)84(119-56)127-65-57(50-113-134(37,38)92(4,5)6)121-86(79(107-30)72(65)100-23)129-67-59(52-115-136(41,42)94(10,11)12)123-88(81(109-32)74(67)102-25)131-69-61(54-117-138(45,46)96(16,17)18)125-90(83(111-34)76(69)104-27)132-70-62(55-118-139(47,48)97(19,20)21)124-89(82(110-33)77(70)105-28)130-68-60(53-116-137(43,44)95(13,14)15)122-87(80(108-31)75(68)103-26)128-66-58(51-114-135(39,40)93(7,8)9)120-85(126-64)78(106-29)73(66)101-24/h56-90,98H,49-55H2,1-48H3/t56-,57-,58-,59-,60-,61-,62-,63+,64-,65-,66-,67-,68-,69-,70-,71-,72+,73+,74+,75+,76+,77+,78-,79-,80-,81-,82-,83-,84-,85-,86-,87-,88-,89-,90-/m1/s1. The molecule has 21 saturated heterocycles. The molecular formula is C97H194O35Si7. The van der Waals surface area contributed by atoms with Gasteiger partial charge in [-0.1, -0.05) is 145 Å². The summed E-state index contributed by atoms with van der Waals surface area (Å²) in [6.45, 7) is 75.6. The quantitative estimate of drug-likeness (QED) is 0.0585. The Morgan fingerprint density at radius 3 is 0.388 bits per heavy atom.